The van der Waals surface area contributed by atoms with Crippen molar-refractivity contribution in [1.29, 1.82) is 0 Å². The molecule has 0 aliphatic heterocycles. The van der Waals surface area contributed by atoms with Crippen LogP contribution >= 0.6 is 0 Å². The first-order valence-corrected chi connectivity index (χ1v) is 8.46. The normalized spacial score (nSPS) is 11.8. The molecular weight excluding hydrogens is 256 g/mol. The summed E-state index contributed by atoms with van der Waals surface area (Å²) in [7, 11) is 4.43. The molecule has 0 aliphatic carbocycles. The molecular formula is C19H34N2. The third-order valence-electron chi connectivity index (χ3n) is 3.87. The summed E-state index contributed by atoms with van der Waals surface area (Å²) >= 11 is 0. The average Bonchev–Trinajstić information content (AvgIpc) is 2.43. The van der Waals surface area contributed by atoms with E-state index in [9.17, 15) is 0 Å². The van der Waals surface area contributed by atoms with E-state index in [4.69, 9.17) is 0 Å². The number of nitrogens with zero attached hydrogens (tertiary/aromatic N) is 2. The summed E-state index contributed by atoms with van der Waals surface area (Å²) in [5, 5.41) is 0. The summed E-state index contributed by atoms with van der Waals surface area (Å²) in [4.78, 5) is 4.84. The Morgan fingerprint density at radius 2 is 1.29 bits per heavy atom. The van der Waals surface area contributed by atoms with Crippen LogP contribution in [0.3, 0.4) is 0 Å². The van der Waals surface area contributed by atoms with Crippen LogP contribution in [-0.2, 0) is 12.8 Å². The van der Waals surface area contributed by atoms with Gasteiger partial charge in [0.2, 0.25) is 0 Å². The molecule has 2 heteroatoms. The molecule has 0 aromatic heterocycles. The molecule has 2 nitrogen and oxygen atoms in total. The highest BCUT2D eigenvalue weighted by Crippen LogP contribution is 2.08. The van der Waals surface area contributed by atoms with Gasteiger partial charge in [-0.25, -0.2) is 0 Å². The van der Waals surface area contributed by atoms with Crippen molar-refractivity contribution in [3.8, 4) is 0 Å². The monoisotopic (exact) mass is 290 g/mol. The first kappa shape index (κ1) is 18.2. The summed E-state index contributed by atoms with van der Waals surface area (Å²) in [5.41, 5.74) is 2.91. The first-order chi connectivity index (χ1) is 10.0. The van der Waals surface area contributed by atoms with Crippen molar-refractivity contribution >= 4 is 0 Å². The van der Waals surface area contributed by atoms with Crippen molar-refractivity contribution in [1.82, 2.24) is 9.80 Å². The Labute approximate surface area is 132 Å². The zero-order valence-corrected chi connectivity index (χ0v) is 14.7. The van der Waals surface area contributed by atoms with Crippen LogP contribution in [0.5, 0.6) is 0 Å². The van der Waals surface area contributed by atoms with Crippen LogP contribution < -0.4 is 0 Å². The van der Waals surface area contributed by atoms with Gasteiger partial charge in [-0.15, -0.1) is 0 Å². The second-order valence-electron chi connectivity index (χ2n) is 6.78. The highest BCUT2D eigenvalue weighted by atomic mass is 15.1. The van der Waals surface area contributed by atoms with Crippen LogP contribution in [0.15, 0.2) is 24.3 Å². The van der Waals surface area contributed by atoms with Gasteiger partial charge in [0, 0.05) is 19.6 Å². The van der Waals surface area contributed by atoms with Gasteiger partial charge in [-0.1, -0.05) is 45.0 Å². The van der Waals surface area contributed by atoms with E-state index in [1.54, 1.807) is 0 Å². The summed E-state index contributed by atoms with van der Waals surface area (Å²) < 4.78 is 0. The smallest absolute Gasteiger partial charge is 0.00189 e. The molecule has 0 saturated heterocycles. The quantitative estimate of drug-likeness (QED) is 0.648. The maximum absolute atomic E-state index is 2.43. The zero-order valence-electron chi connectivity index (χ0n) is 14.7. The molecule has 0 aliphatic rings. The molecule has 0 N–H and O–H groups in total. The SMILES string of the molecule is CCCN(C)CCc1ccc(CCN(C)CC(C)C)cc1. The van der Waals surface area contributed by atoms with Crippen molar-refractivity contribution in [2.45, 2.75) is 40.0 Å². The maximum atomic E-state index is 2.43. The molecule has 1 aromatic rings. The van der Waals surface area contributed by atoms with Gasteiger partial charge in [-0.05, 0) is 56.9 Å². The number of rotatable bonds is 10. The molecule has 0 spiro atoms. The third-order valence-corrected chi connectivity index (χ3v) is 3.87. The Balaban J connectivity index is 2.33. The Morgan fingerprint density at radius 1 is 0.810 bits per heavy atom. The lowest BCUT2D eigenvalue weighted by Crippen LogP contribution is -2.25. The zero-order chi connectivity index (χ0) is 15.7. The second-order valence-corrected chi connectivity index (χ2v) is 6.78. The third kappa shape index (κ3) is 8.23. The molecule has 0 radical (unpaired) electrons. The Bertz CT molecular complexity index is 370. The van der Waals surface area contributed by atoms with Gasteiger partial charge in [0.15, 0.2) is 0 Å². The van der Waals surface area contributed by atoms with Gasteiger partial charge >= 0.3 is 0 Å². The van der Waals surface area contributed by atoms with Gasteiger partial charge < -0.3 is 9.80 Å². The first-order valence-electron chi connectivity index (χ1n) is 8.46. The van der Waals surface area contributed by atoms with Crippen molar-refractivity contribution in [2.24, 2.45) is 5.92 Å². The van der Waals surface area contributed by atoms with Gasteiger partial charge in [0.05, 0.1) is 0 Å². The highest BCUT2D eigenvalue weighted by molar-refractivity contribution is 5.23. The van der Waals surface area contributed by atoms with Crippen LogP contribution in [0.25, 0.3) is 0 Å². The van der Waals surface area contributed by atoms with Crippen LogP contribution in [0.2, 0.25) is 0 Å². The van der Waals surface area contributed by atoms with E-state index < -0.39 is 0 Å². The van der Waals surface area contributed by atoms with Crippen molar-refractivity contribution < 1.29 is 0 Å². The fraction of sp³-hybridized carbons (Fsp3) is 0.684. The number of likely N-dealkylation sites (N-methyl/N-ethyl adjacent to an activating group) is 2. The minimum absolute atomic E-state index is 0.748. The lowest BCUT2D eigenvalue weighted by atomic mass is 10.1. The van der Waals surface area contributed by atoms with E-state index in [1.807, 2.05) is 0 Å². The van der Waals surface area contributed by atoms with Crippen LogP contribution in [-0.4, -0.2) is 50.1 Å². The molecule has 0 unspecified atom stereocenters. The Kier molecular flexibility index (Phi) is 8.63. The molecule has 0 fully saturated rings. The van der Waals surface area contributed by atoms with Crippen molar-refractivity contribution in [2.75, 3.05) is 40.3 Å². The molecule has 0 amide bonds. The number of benzene rings is 1. The minimum Gasteiger partial charge on any atom is -0.306 e. The Morgan fingerprint density at radius 3 is 1.71 bits per heavy atom. The summed E-state index contributed by atoms with van der Waals surface area (Å²) in [6.45, 7) is 11.5. The average molecular weight is 290 g/mol. The topological polar surface area (TPSA) is 6.48 Å². The molecule has 120 valence electrons. The van der Waals surface area contributed by atoms with Crippen LogP contribution in [0.1, 0.15) is 38.3 Å². The fourth-order valence-electron chi connectivity index (χ4n) is 2.72. The van der Waals surface area contributed by atoms with E-state index in [1.165, 1.54) is 30.6 Å². The van der Waals surface area contributed by atoms with Gasteiger partial charge in [0.1, 0.15) is 0 Å². The molecule has 0 bridgehead atoms. The van der Waals surface area contributed by atoms with Gasteiger partial charge in [-0.3, -0.25) is 0 Å². The highest BCUT2D eigenvalue weighted by Gasteiger charge is 2.03. The van der Waals surface area contributed by atoms with Crippen LogP contribution in [0.4, 0.5) is 0 Å². The number of hydrogen-bond donors (Lipinski definition) is 0. The second kappa shape index (κ2) is 9.97. The van der Waals surface area contributed by atoms with E-state index >= 15 is 0 Å². The lowest BCUT2D eigenvalue weighted by molar-refractivity contribution is 0.299. The van der Waals surface area contributed by atoms with Crippen LogP contribution in [0, 0.1) is 5.92 Å². The fourth-order valence-corrected chi connectivity index (χ4v) is 2.72. The molecule has 0 heterocycles. The van der Waals surface area contributed by atoms with Gasteiger partial charge in [0.25, 0.3) is 0 Å². The lowest BCUT2D eigenvalue weighted by Gasteiger charge is -2.19. The molecule has 1 aromatic carbocycles. The summed E-state index contributed by atoms with van der Waals surface area (Å²) in [6, 6.07) is 9.21. The number of hydrogen-bond acceptors (Lipinski definition) is 2. The molecule has 1 rings (SSSR count). The standard InChI is InChI=1S/C19H34N2/c1-6-13-20(4)14-11-18-7-9-19(10-8-18)12-15-21(5)16-17(2)3/h7-10,17H,6,11-16H2,1-5H3. The van der Waals surface area contributed by atoms with Crippen molar-refractivity contribution in [3.63, 3.8) is 0 Å². The molecule has 21 heavy (non-hydrogen) atoms. The molecule has 0 atom stereocenters. The largest absolute Gasteiger partial charge is 0.306 e. The van der Waals surface area contributed by atoms with E-state index in [-0.39, 0.29) is 0 Å². The maximum Gasteiger partial charge on any atom is 0.00189 e. The van der Waals surface area contributed by atoms with Crippen molar-refractivity contribution in [3.05, 3.63) is 35.4 Å². The van der Waals surface area contributed by atoms with E-state index in [0.717, 1.165) is 31.8 Å². The summed E-state index contributed by atoms with van der Waals surface area (Å²) in [5.74, 6) is 0.748. The predicted octanol–water partition coefficient (Wildman–Crippen LogP) is 3.70. The predicted molar refractivity (Wildman–Crippen MR) is 94.0 cm³/mol. The van der Waals surface area contributed by atoms with E-state index in [0.29, 0.717) is 0 Å². The molecule has 0 saturated carbocycles. The van der Waals surface area contributed by atoms with E-state index in [2.05, 4.69) is 68.9 Å². The van der Waals surface area contributed by atoms with Gasteiger partial charge in [-0.2, -0.15) is 0 Å². The minimum atomic E-state index is 0.748. The Hall–Kier alpha value is -0.860. The summed E-state index contributed by atoms with van der Waals surface area (Å²) in [6.07, 6.45) is 3.54.